The van der Waals surface area contributed by atoms with Gasteiger partial charge in [-0.1, -0.05) is 0 Å². The van der Waals surface area contributed by atoms with Gasteiger partial charge in [0.25, 0.3) is 0 Å². The molecule has 1 unspecified atom stereocenters. The lowest BCUT2D eigenvalue weighted by molar-refractivity contribution is 0.0587. The van der Waals surface area contributed by atoms with E-state index >= 15 is 0 Å². The maximum Gasteiger partial charge on any atom is 0.359 e. The van der Waals surface area contributed by atoms with E-state index in [0.717, 1.165) is 0 Å². The van der Waals surface area contributed by atoms with Gasteiger partial charge in [0.1, 0.15) is 0 Å². The van der Waals surface area contributed by atoms with Crippen molar-refractivity contribution < 1.29 is 18.3 Å². The molecule has 0 saturated heterocycles. The van der Waals surface area contributed by atoms with E-state index in [4.69, 9.17) is 25.4 Å². The number of hydrogen-bond acceptors (Lipinski definition) is 4. The fourth-order valence-corrected chi connectivity index (χ4v) is 3.35. The van der Waals surface area contributed by atoms with Gasteiger partial charge in [0.05, 0.1) is 36.6 Å². The molecule has 1 atom stereocenters. The van der Waals surface area contributed by atoms with Crippen LogP contribution in [0.3, 0.4) is 0 Å². The van der Waals surface area contributed by atoms with Crippen molar-refractivity contribution in [1.82, 2.24) is 0 Å². The summed E-state index contributed by atoms with van der Waals surface area (Å²) in [4.78, 5) is 0. The van der Waals surface area contributed by atoms with Crippen molar-refractivity contribution in [3.05, 3.63) is 11.4 Å². The van der Waals surface area contributed by atoms with Crippen LogP contribution in [0.1, 0.15) is 20.8 Å². The minimum absolute atomic E-state index is 0.250. The highest BCUT2D eigenvalue weighted by Crippen LogP contribution is 2.58. The summed E-state index contributed by atoms with van der Waals surface area (Å²) in [6.07, 6.45) is 1.76. The molecule has 94 valence electrons. The third kappa shape index (κ3) is 3.08. The largest absolute Gasteiger partial charge is 0.365 e. The first-order valence-corrected chi connectivity index (χ1v) is 7.38. The fraction of sp³-hybridized carbons (Fsp3) is 0.800. The van der Waals surface area contributed by atoms with Crippen molar-refractivity contribution in [2.24, 2.45) is 0 Å². The molecule has 0 aromatic heterocycles. The summed E-state index contributed by atoms with van der Waals surface area (Å²) in [5.41, 5.74) is -0.569. The Hall–Kier alpha value is 0.140. The second kappa shape index (κ2) is 5.65. The third-order valence-electron chi connectivity index (χ3n) is 2.24. The van der Waals surface area contributed by atoms with Crippen LogP contribution in [-0.4, -0.2) is 31.3 Å². The molecule has 0 fully saturated rings. The Morgan fingerprint density at radius 1 is 1.50 bits per heavy atom. The molecule has 0 aromatic rings. The molecule has 0 amide bonds. The van der Waals surface area contributed by atoms with Gasteiger partial charge in [0, 0.05) is 0 Å². The second-order valence-corrected chi connectivity index (χ2v) is 6.06. The van der Waals surface area contributed by atoms with Crippen molar-refractivity contribution in [3.63, 3.8) is 0 Å². The van der Waals surface area contributed by atoms with E-state index in [1.54, 1.807) is 19.9 Å². The number of rotatable bonds is 6. The molecule has 1 rings (SSSR count). The predicted molar refractivity (Wildman–Crippen MR) is 64.0 cm³/mol. The number of alkyl halides is 1. The highest BCUT2D eigenvalue weighted by atomic mass is 35.5. The Balaban J connectivity index is 2.89. The molecule has 0 saturated carbocycles. The molecule has 1 aliphatic heterocycles. The van der Waals surface area contributed by atoms with Crippen molar-refractivity contribution in [1.29, 1.82) is 0 Å². The van der Waals surface area contributed by atoms with E-state index in [9.17, 15) is 4.57 Å². The number of halogens is 1. The summed E-state index contributed by atoms with van der Waals surface area (Å²) in [6.45, 7) is 6.33. The minimum atomic E-state index is -3.18. The molecule has 1 heterocycles. The zero-order valence-corrected chi connectivity index (χ0v) is 11.5. The molecule has 0 bridgehead atoms. The van der Waals surface area contributed by atoms with Gasteiger partial charge in [-0.2, -0.15) is 0 Å². The van der Waals surface area contributed by atoms with E-state index in [1.165, 1.54) is 0 Å². The second-order valence-electron chi connectivity index (χ2n) is 3.70. The highest BCUT2D eigenvalue weighted by molar-refractivity contribution is 7.58. The van der Waals surface area contributed by atoms with Gasteiger partial charge in [0.15, 0.2) is 0 Å². The first kappa shape index (κ1) is 14.2. The van der Waals surface area contributed by atoms with Crippen molar-refractivity contribution in [3.8, 4) is 0 Å². The molecular formula is C10H18ClO4P. The first-order valence-electron chi connectivity index (χ1n) is 5.31. The Bertz CT molecular complexity index is 308. The monoisotopic (exact) mass is 268 g/mol. The summed E-state index contributed by atoms with van der Waals surface area (Å²) in [5, 5.41) is 0.569. The molecule has 0 spiro atoms. The molecule has 0 aliphatic carbocycles. The van der Waals surface area contributed by atoms with Crippen LogP contribution in [-0.2, 0) is 18.3 Å². The van der Waals surface area contributed by atoms with Crippen molar-refractivity contribution >= 4 is 19.2 Å². The Kier molecular flexibility index (Phi) is 5.02. The maximum absolute atomic E-state index is 12.4. The molecule has 4 nitrogen and oxygen atoms in total. The zero-order valence-electron chi connectivity index (χ0n) is 9.86. The lowest BCUT2D eigenvalue weighted by atomic mass is 10.1. The van der Waals surface area contributed by atoms with Gasteiger partial charge in [0.2, 0.25) is 0 Å². The molecule has 6 heteroatoms. The molecule has 0 radical (unpaired) electrons. The van der Waals surface area contributed by atoms with Crippen LogP contribution in [0.4, 0.5) is 0 Å². The average Bonchev–Trinajstić information content (AvgIpc) is 2.63. The summed E-state index contributed by atoms with van der Waals surface area (Å²) >= 11 is 5.78. The van der Waals surface area contributed by atoms with Crippen molar-refractivity contribution in [2.45, 2.75) is 26.4 Å². The molecule has 16 heavy (non-hydrogen) atoms. The van der Waals surface area contributed by atoms with Crippen LogP contribution in [0, 0.1) is 0 Å². The lowest BCUT2D eigenvalue weighted by Gasteiger charge is -2.16. The van der Waals surface area contributed by atoms with E-state index in [2.05, 4.69) is 0 Å². The van der Waals surface area contributed by atoms with E-state index in [1.807, 2.05) is 6.92 Å². The van der Waals surface area contributed by atoms with Gasteiger partial charge < -0.3 is 13.8 Å². The molecule has 0 aromatic carbocycles. The van der Waals surface area contributed by atoms with Crippen LogP contribution in [0.5, 0.6) is 0 Å². The summed E-state index contributed by atoms with van der Waals surface area (Å²) < 4.78 is 28.3. The quantitative estimate of drug-likeness (QED) is 0.548. The lowest BCUT2D eigenvalue weighted by Crippen LogP contribution is -2.23. The summed E-state index contributed by atoms with van der Waals surface area (Å²) in [5.74, 6) is 0.314. The van der Waals surface area contributed by atoms with E-state index in [-0.39, 0.29) is 6.61 Å². The molecular weight excluding hydrogens is 251 g/mol. The van der Waals surface area contributed by atoms with Gasteiger partial charge in [-0.15, -0.1) is 11.6 Å². The van der Waals surface area contributed by atoms with Crippen LogP contribution in [0.15, 0.2) is 11.4 Å². The summed E-state index contributed by atoms with van der Waals surface area (Å²) in [6, 6.07) is 0. The predicted octanol–water partition coefficient (Wildman–Crippen LogP) is 3.16. The Morgan fingerprint density at radius 3 is 2.44 bits per heavy atom. The average molecular weight is 269 g/mol. The number of ether oxygens (including phenoxy) is 1. The SMILES string of the molecule is CCOP(=O)(OCC)C1=CC(C)(CCl)OC1. The normalized spacial score (nSPS) is 25.9. The minimum Gasteiger partial charge on any atom is -0.365 e. The zero-order chi connectivity index (χ0) is 12.2. The fourth-order valence-electron chi connectivity index (χ4n) is 1.45. The third-order valence-corrected chi connectivity index (χ3v) is 4.93. The van der Waals surface area contributed by atoms with Crippen LogP contribution in [0.2, 0.25) is 0 Å². The van der Waals surface area contributed by atoms with Gasteiger partial charge in [-0.3, -0.25) is 4.57 Å². The Labute approximate surface area is 101 Å². The van der Waals surface area contributed by atoms with E-state index in [0.29, 0.717) is 24.4 Å². The van der Waals surface area contributed by atoms with Crippen LogP contribution >= 0.6 is 19.2 Å². The van der Waals surface area contributed by atoms with Gasteiger partial charge in [-0.05, 0) is 26.8 Å². The van der Waals surface area contributed by atoms with Crippen LogP contribution in [0.25, 0.3) is 0 Å². The number of hydrogen-bond donors (Lipinski definition) is 0. The van der Waals surface area contributed by atoms with Gasteiger partial charge >= 0.3 is 7.60 Å². The standard InChI is InChI=1S/C10H18ClO4P/c1-4-14-16(12,15-5-2)9-6-10(3,8-11)13-7-9/h6H,4-5,7-8H2,1-3H3. The summed E-state index contributed by atoms with van der Waals surface area (Å²) in [7, 11) is -3.18. The van der Waals surface area contributed by atoms with Crippen molar-refractivity contribution in [2.75, 3.05) is 25.7 Å². The van der Waals surface area contributed by atoms with Crippen LogP contribution < -0.4 is 0 Å². The maximum atomic E-state index is 12.4. The van der Waals surface area contributed by atoms with E-state index < -0.39 is 13.2 Å². The Morgan fingerprint density at radius 2 is 2.06 bits per heavy atom. The topological polar surface area (TPSA) is 44.8 Å². The smallest absolute Gasteiger partial charge is 0.359 e. The molecule has 1 aliphatic rings. The molecule has 0 N–H and O–H groups in total. The first-order chi connectivity index (χ1) is 7.49. The van der Waals surface area contributed by atoms with Gasteiger partial charge in [-0.25, -0.2) is 0 Å². The highest BCUT2D eigenvalue weighted by Gasteiger charge is 2.38.